The third kappa shape index (κ3) is 3.78. The molecule has 2 aromatic rings. The molecular formula is C16H18BrClN2O2S. The van der Waals surface area contributed by atoms with E-state index in [-0.39, 0.29) is 24.4 Å². The SMILES string of the molecule is Cl.N[C@@H]1CN(S(=O)(=O)c2ccc(Br)cc2)C[C@H]1c1ccccc1. The predicted molar refractivity (Wildman–Crippen MR) is 97.3 cm³/mol. The van der Waals surface area contributed by atoms with E-state index in [4.69, 9.17) is 5.73 Å². The van der Waals surface area contributed by atoms with Crippen LogP contribution in [-0.2, 0) is 10.0 Å². The van der Waals surface area contributed by atoms with Gasteiger partial charge in [-0.05, 0) is 29.8 Å². The zero-order chi connectivity index (χ0) is 15.7. The van der Waals surface area contributed by atoms with Crippen molar-refractivity contribution in [2.45, 2.75) is 16.9 Å². The van der Waals surface area contributed by atoms with E-state index in [9.17, 15) is 8.42 Å². The maximum atomic E-state index is 12.7. The van der Waals surface area contributed by atoms with E-state index in [0.717, 1.165) is 10.0 Å². The first-order chi connectivity index (χ1) is 10.5. The van der Waals surface area contributed by atoms with Gasteiger partial charge in [-0.3, -0.25) is 0 Å². The highest BCUT2D eigenvalue weighted by Crippen LogP contribution is 2.30. The van der Waals surface area contributed by atoms with Crippen LogP contribution in [0.3, 0.4) is 0 Å². The quantitative estimate of drug-likeness (QED) is 0.835. The Morgan fingerprint density at radius 2 is 1.61 bits per heavy atom. The molecule has 0 unspecified atom stereocenters. The van der Waals surface area contributed by atoms with Crippen LogP contribution in [0.25, 0.3) is 0 Å². The van der Waals surface area contributed by atoms with Crippen LogP contribution in [0.2, 0.25) is 0 Å². The molecule has 7 heteroatoms. The molecule has 3 rings (SSSR count). The minimum Gasteiger partial charge on any atom is -0.326 e. The highest BCUT2D eigenvalue weighted by Gasteiger charge is 2.38. The van der Waals surface area contributed by atoms with Gasteiger partial charge in [0, 0.05) is 29.5 Å². The Bertz CT molecular complexity index is 753. The fourth-order valence-corrected chi connectivity index (χ4v) is 4.56. The minimum absolute atomic E-state index is 0. The minimum atomic E-state index is -3.50. The Kier molecular flexibility index (Phi) is 5.86. The molecule has 0 bridgehead atoms. The van der Waals surface area contributed by atoms with Crippen LogP contribution >= 0.6 is 28.3 Å². The van der Waals surface area contributed by atoms with Crippen molar-refractivity contribution in [2.24, 2.45) is 5.73 Å². The first-order valence-electron chi connectivity index (χ1n) is 7.05. The molecule has 4 nitrogen and oxygen atoms in total. The highest BCUT2D eigenvalue weighted by molar-refractivity contribution is 9.10. The van der Waals surface area contributed by atoms with Gasteiger partial charge in [0.15, 0.2) is 0 Å². The van der Waals surface area contributed by atoms with Gasteiger partial charge in [-0.15, -0.1) is 12.4 Å². The summed E-state index contributed by atoms with van der Waals surface area (Å²) in [5.41, 5.74) is 7.27. The topological polar surface area (TPSA) is 63.4 Å². The maximum Gasteiger partial charge on any atom is 0.243 e. The molecule has 2 N–H and O–H groups in total. The van der Waals surface area contributed by atoms with E-state index in [1.54, 1.807) is 24.3 Å². The summed E-state index contributed by atoms with van der Waals surface area (Å²) in [6, 6.07) is 16.4. The van der Waals surface area contributed by atoms with Crippen LogP contribution in [0.1, 0.15) is 11.5 Å². The van der Waals surface area contributed by atoms with Crippen molar-refractivity contribution in [3.8, 4) is 0 Å². The summed E-state index contributed by atoms with van der Waals surface area (Å²) < 4.78 is 27.8. The number of rotatable bonds is 3. The second-order valence-corrected chi connectivity index (χ2v) is 8.31. The number of sulfonamides is 1. The summed E-state index contributed by atoms with van der Waals surface area (Å²) in [6.07, 6.45) is 0. The Balaban J connectivity index is 0.00000192. The van der Waals surface area contributed by atoms with Gasteiger partial charge in [-0.2, -0.15) is 4.31 Å². The molecular weight excluding hydrogens is 400 g/mol. The second-order valence-electron chi connectivity index (χ2n) is 5.46. The van der Waals surface area contributed by atoms with E-state index < -0.39 is 10.0 Å². The van der Waals surface area contributed by atoms with E-state index in [1.165, 1.54) is 4.31 Å². The van der Waals surface area contributed by atoms with Crippen molar-refractivity contribution in [3.05, 3.63) is 64.6 Å². The maximum absolute atomic E-state index is 12.7. The zero-order valence-electron chi connectivity index (χ0n) is 12.3. The lowest BCUT2D eigenvalue weighted by atomic mass is 9.95. The fourth-order valence-electron chi connectivity index (χ4n) is 2.80. The van der Waals surface area contributed by atoms with Gasteiger partial charge in [0.25, 0.3) is 0 Å². The average molecular weight is 418 g/mol. The van der Waals surface area contributed by atoms with Crippen LogP contribution in [0.5, 0.6) is 0 Å². The molecule has 1 aliphatic rings. The number of hydrogen-bond acceptors (Lipinski definition) is 3. The second kappa shape index (κ2) is 7.32. The van der Waals surface area contributed by atoms with Crippen molar-refractivity contribution in [1.29, 1.82) is 0 Å². The fraction of sp³-hybridized carbons (Fsp3) is 0.250. The third-order valence-corrected chi connectivity index (χ3v) is 6.39. The lowest BCUT2D eigenvalue weighted by molar-refractivity contribution is 0.470. The largest absolute Gasteiger partial charge is 0.326 e. The van der Waals surface area contributed by atoms with Crippen LogP contribution in [0.4, 0.5) is 0 Å². The van der Waals surface area contributed by atoms with Crippen LogP contribution in [0, 0.1) is 0 Å². The van der Waals surface area contributed by atoms with Gasteiger partial charge in [-0.25, -0.2) is 8.42 Å². The summed E-state index contributed by atoms with van der Waals surface area (Å²) in [6.45, 7) is 0.765. The molecule has 1 aliphatic heterocycles. The molecule has 0 aliphatic carbocycles. The van der Waals surface area contributed by atoms with Crippen LogP contribution in [-0.4, -0.2) is 31.9 Å². The molecule has 0 amide bonds. The van der Waals surface area contributed by atoms with Gasteiger partial charge in [0.05, 0.1) is 4.90 Å². The number of hydrogen-bond donors (Lipinski definition) is 1. The number of nitrogens with two attached hydrogens (primary N) is 1. The number of nitrogens with zero attached hydrogens (tertiary/aromatic N) is 1. The van der Waals surface area contributed by atoms with Crippen LogP contribution < -0.4 is 5.73 Å². The van der Waals surface area contributed by atoms with Crippen molar-refractivity contribution >= 4 is 38.4 Å². The highest BCUT2D eigenvalue weighted by atomic mass is 79.9. The van der Waals surface area contributed by atoms with Gasteiger partial charge >= 0.3 is 0 Å². The lowest BCUT2D eigenvalue weighted by Crippen LogP contribution is -2.32. The first-order valence-corrected chi connectivity index (χ1v) is 9.28. The smallest absolute Gasteiger partial charge is 0.243 e. The molecule has 2 atom stereocenters. The Morgan fingerprint density at radius 3 is 2.22 bits per heavy atom. The molecule has 0 spiro atoms. The van der Waals surface area contributed by atoms with Crippen LogP contribution in [0.15, 0.2) is 64.0 Å². The molecule has 1 saturated heterocycles. The predicted octanol–water partition coefficient (Wildman–Crippen LogP) is 2.99. The molecule has 0 saturated carbocycles. The monoisotopic (exact) mass is 416 g/mol. The molecule has 1 heterocycles. The Hall–Kier alpha value is -0.920. The third-order valence-electron chi connectivity index (χ3n) is 4.01. The summed E-state index contributed by atoms with van der Waals surface area (Å²) in [5.74, 6) is 0.0337. The van der Waals surface area contributed by atoms with Crippen molar-refractivity contribution < 1.29 is 8.42 Å². The summed E-state index contributed by atoms with van der Waals surface area (Å²) in [7, 11) is -3.50. The van der Waals surface area contributed by atoms with E-state index >= 15 is 0 Å². The number of benzene rings is 2. The van der Waals surface area contributed by atoms with Crippen molar-refractivity contribution in [3.63, 3.8) is 0 Å². The van der Waals surface area contributed by atoms with Gasteiger partial charge in [-0.1, -0.05) is 46.3 Å². The standard InChI is InChI=1S/C16H17BrN2O2S.ClH/c17-13-6-8-14(9-7-13)22(20,21)19-10-15(16(18)11-19)12-4-2-1-3-5-12;/h1-9,15-16H,10-11,18H2;1H/t15-,16+;/m0./s1. The molecule has 1 fully saturated rings. The normalized spacial score (nSPS) is 21.8. The Morgan fingerprint density at radius 1 is 1.00 bits per heavy atom. The average Bonchev–Trinajstić information content (AvgIpc) is 2.91. The first kappa shape index (κ1) is 18.4. The van der Waals surface area contributed by atoms with E-state index in [1.807, 2.05) is 30.3 Å². The molecule has 0 radical (unpaired) electrons. The molecule has 0 aromatic heterocycles. The molecule has 23 heavy (non-hydrogen) atoms. The summed E-state index contributed by atoms with van der Waals surface area (Å²) in [5, 5.41) is 0. The van der Waals surface area contributed by atoms with Gasteiger partial charge in [0.1, 0.15) is 0 Å². The summed E-state index contributed by atoms with van der Waals surface area (Å²) >= 11 is 3.32. The van der Waals surface area contributed by atoms with Crippen molar-refractivity contribution in [1.82, 2.24) is 4.31 Å². The number of halogens is 2. The zero-order valence-corrected chi connectivity index (χ0v) is 15.5. The molecule has 124 valence electrons. The van der Waals surface area contributed by atoms with Gasteiger partial charge < -0.3 is 5.73 Å². The lowest BCUT2D eigenvalue weighted by Gasteiger charge is -2.16. The van der Waals surface area contributed by atoms with E-state index in [0.29, 0.717) is 18.0 Å². The summed E-state index contributed by atoms with van der Waals surface area (Å²) in [4.78, 5) is 0.302. The van der Waals surface area contributed by atoms with Crippen molar-refractivity contribution in [2.75, 3.05) is 13.1 Å². The van der Waals surface area contributed by atoms with Gasteiger partial charge in [0.2, 0.25) is 10.0 Å². The molecule has 2 aromatic carbocycles. The van der Waals surface area contributed by atoms with E-state index in [2.05, 4.69) is 15.9 Å². The Labute approximate surface area is 151 Å².